The van der Waals surface area contributed by atoms with Gasteiger partial charge in [0.1, 0.15) is 0 Å². The number of fused-ring (bicyclic) bond motifs is 1. The summed E-state index contributed by atoms with van der Waals surface area (Å²) < 4.78 is 0. The minimum absolute atomic E-state index is 0.227. The van der Waals surface area contributed by atoms with E-state index in [2.05, 4.69) is 10.3 Å². The lowest BCUT2D eigenvalue weighted by Gasteiger charge is -2.13. The lowest BCUT2D eigenvalue weighted by Crippen LogP contribution is -2.13. The second-order valence-corrected chi connectivity index (χ2v) is 8.38. The van der Waals surface area contributed by atoms with Gasteiger partial charge in [0.25, 0.3) is 5.91 Å². The largest absolute Gasteiger partial charge is 0.321 e. The molecule has 4 aromatic rings. The van der Waals surface area contributed by atoms with Gasteiger partial charge in [0, 0.05) is 16.0 Å². The van der Waals surface area contributed by atoms with Crippen LogP contribution >= 0.6 is 58.0 Å². The van der Waals surface area contributed by atoms with E-state index in [4.69, 9.17) is 58.0 Å². The summed E-state index contributed by atoms with van der Waals surface area (Å²) in [6.45, 7) is 0. The number of halogens is 5. The third-order valence-corrected chi connectivity index (χ3v) is 6.29. The highest BCUT2D eigenvalue weighted by Gasteiger charge is 2.18. The molecule has 0 saturated carbocycles. The average Bonchev–Trinajstić information content (AvgIpc) is 2.73. The molecular formula is C22H11Cl5N2O. The van der Waals surface area contributed by atoms with E-state index in [9.17, 15) is 4.79 Å². The fraction of sp³-hybridized carbons (Fsp3) is 0. The number of carbonyl (C=O) groups is 1. The van der Waals surface area contributed by atoms with Gasteiger partial charge in [-0.3, -0.25) is 4.79 Å². The predicted octanol–water partition coefficient (Wildman–Crippen LogP) is 8.42. The molecule has 1 aromatic heterocycles. The second kappa shape index (κ2) is 8.62. The first kappa shape index (κ1) is 21.2. The molecule has 1 amide bonds. The maximum Gasteiger partial charge on any atom is 0.256 e. The van der Waals surface area contributed by atoms with E-state index >= 15 is 0 Å². The van der Waals surface area contributed by atoms with Crippen molar-refractivity contribution in [2.45, 2.75) is 0 Å². The number of carbonyl (C=O) groups excluding carboxylic acids is 1. The molecule has 1 heterocycles. The zero-order valence-electron chi connectivity index (χ0n) is 15.0. The van der Waals surface area contributed by atoms with Gasteiger partial charge >= 0.3 is 0 Å². The summed E-state index contributed by atoms with van der Waals surface area (Å²) in [5.41, 5.74) is 2.54. The number of pyridine rings is 1. The molecule has 0 aliphatic rings. The lowest BCUT2D eigenvalue weighted by atomic mass is 10.0. The van der Waals surface area contributed by atoms with Crippen molar-refractivity contribution >= 4 is 80.5 Å². The minimum Gasteiger partial charge on any atom is -0.321 e. The first-order chi connectivity index (χ1) is 14.3. The molecule has 0 aliphatic heterocycles. The number of para-hydroxylation sites is 1. The minimum atomic E-state index is -0.352. The molecule has 1 N–H and O–H groups in total. The average molecular weight is 497 g/mol. The Morgan fingerprint density at radius 1 is 0.800 bits per heavy atom. The third-order valence-electron chi connectivity index (χ3n) is 4.45. The van der Waals surface area contributed by atoms with Crippen molar-refractivity contribution in [3.05, 3.63) is 91.3 Å². The zero-order chi connectivity index (χ0) is 21.4. The highest BCUT2D eigenvalue weighted by molar-refractivity contribution is 6.49. The first-order valence-corrected chi connectivity index (χ1v) is 10.5. The van der Waals surface area contributed by atoms with Crippen LogP contribution in [0.25, 0.3) is 22.2 Å². The summed E-state index contributed by atoms with van der Waals surface area (Å²) in [6.07, 6.45) is 0. The molecule has 0 bridgehead atoms. The quantitative estimate of drug-likeness (QED) is 0.289. The van der Waals surface area contributed by atoms with Crippen molar-refractivity contribution in [1.82, 2.24) is 4.98 Å². The van der Waals surface area contributed by atoms with Crippen LogP contribution in [0.2, 0.25) is 25.1 Å². The number of amides is 1. The lowest BCUT2D eigenvalue weighted by molar-refractivity contribution is 0.102. The number of nitrogens with zero attached hydrogens (tertiary/aromatic N) is 1. The molecule has 30 heavy (non-hydrogen) atoms. The van der Waals surface area contributed by atoms with E-state index in [0.717, 1.165) is 0 Å². The Hall–Kier alpha value is -2.01. The van der Waals surface area contributed by atoms with Crippen molar-refractivity contribution in [3.63, 3.8) is 0 Å². The highest BCUT2D eigenvalue weighted by Crippen LogP contribution is 2.38. The van der Waals surface area contributed by atoms with Crippen LogP contribution in [-0.4, -0.2) is 10.9 Å². The molecule has 0 fully saturated rings. The fourth-order valence-electron chi connectivity index (χ4n) is 3.01. The Kier molecular flexibility index (Phi) is 6.10. The smallest absolute Gasteiger partial charge is 0.256 e. The van der Waals surface area contributed by atoms with Gasteiger partial charge in [-0.1, -0.05) is 76.2 Å². The van der Waals surface area contributed by atoms with E-state index < -0.39 is 0 Å². The summed E-state index contributed by atoms with van der Waals surface area (Å²) in [4.78, 5) is 17.8. The molecule has 4 rings (SSSR count). The molecule has 3 nitrogen and oxygen atoms in total. The van der Waals surface area contributed by atoms with Crippen LogP contribution in [0, 0.1) is 0 Å². The predicted molar refractivity (Wildman–Crippen MR) is 127 cm³/mol. The van der Waals surface area contributed by atoms with Crippen LogP contribution in [0.3, 0.4) is 0 Å². The highest BCUT2D eigenvalue weighted by atomic mass is 35.5. The Labute approximate surface area is 197 Å². The number of nitrogens with one attached hydrogen (secondary N) is 1. The Bertz CT molecular complexity index is 1310. The van der Waals surface area contributed by atoms with Crippen LogP contribution < -0.4 is 5.32 Å². The van der Waals surface area contributed by atoms with Gasteiger partial charge in [-0.2, -0.15) is 0 Å². The molecule has 0 radical (unpaired) electrons. The van der Waals surface area contributed by atoms with Gasteiger partial charge in [0.2, 0.25) is 0 Å². The van der Waals surface area contributed by atoms with E-state index in [-0.39, 0.29) is 16.0 Å². The van der Waals surface area contributed by atoms with E-state index in [1.165, 1.54) is 0 Å². The number of hydrogen-bond donors (Lipinski definition) is 1. The molecule has 150 valence electrons. The van der Waals surface area contributed by atoms with Gasteiger partial charge in [-0.15, -0.1) is 0 Å². The number of benzene rings is 3. The summed E-state index contributed by atoms with van der Waals surface area (Å²) >= 11 is 30.8. The van der Waals surface area contributed by atoms with Crippen molar-refractivity contribution in [3.8, 4) is 11.3 Å². The molecule has 0 unspecified atom stereocenters. The maximum absolute atomic E-state index is 13.1. The molecule has 3 aromatic carbocycles. The SMILES string of the molecule is O=C(Nc1ccc(Cl)cc1Cl)c1cc(-c2ccc(Cl)c(Cl)c2Cl)nc2ccccc12. The number of anilines is 1. The standard InChI is InChI=1S/C22H11Cl5N2O/c23-11-5-8-18(16(25)9-11)29-22(30)14-10-19(28-17-4-2-1-3-12(14)17)13-6-7-15(24)21(27)20(13)26/h1-10H,(H,29,30). The number of hydrogen-bond acceptors (Lipinski definition) is 2. The van der Waals surface area contributed by atoms with Gasteiger partial charge in [0.15, 0.2) is 0 Å². The fourth-order valence-corrected chi connectivity index (χ4v) is 4.09. The van der Waals surface area contributed by atoms with Crippen molar-refractivity contribution in [1.29, 1.82) is 0 Å². The summed E-state index contributed by atoms with van der Waals surface area (Å²) in [5.74, 6) is -0.352. The first-order valence-electron chi connectivity index (χ1n) is 8.65. The summed E-state index contributed by atoms with van der Waals surface area (Å²) in [7, 11) is 0. The van der Waals surface area contributed by atoms with E-state index in [1.807, 2.05) is 24.3 Å². The van der Waals surface area contributed by atoms with Crippen LogP contribution in [0.5, 0.6) is 0 Å². The number of rotatable bonds is 3. The Balaban J connectivity index is 1.85. The number of aromatic nitrogens is 1. The van der Waals surface area contributed by atoms with Crippen LogP contribution in [0.1, 0.15) is 10.4 Å². The molecular weight excluding hydrogens is 486 g/mol. The van der Waals surface area contributed by atoms with Gasteiger partial charge < -0.3 is 5.32 Å². The van der Waals surface area contributed by atoms with Crippen molar-refractivity contribution in [2.75, 3.05) is 5.32 Å². The van der Waals surface area contributed by atoms with Gasteiger partial charge in [-0.25, -0.2) is 4.98 Å². The Morgan fingerprint density at radius 2 is 1.57 bits per heavy atom. The monoisotopic (exact) mass is 494 g/mol. The zero-order valence-corrected chi connectivity index (χ0v) is 18.8. The van der Waals surface area contributed by atoms with Gasteiger partial charge in [0.05, 0.1) is 42.6 Å². The molecule has 0 atom stereocenters. The molecule has 0 spiro atoms. The summed E-state index contributed by atoms with van der Waals surface area (Å²) in [6, 6.07) is 17.2. The summed E-state index contributed by atoms with van der Waals surface area (Å²) in [5, 5.41) is 5.14. The maximum atomic E-state index is 13.1. The van der Waals surface area contributed by atoms with Gasteiger partial charge in [-0.05, 0) is 42.5 Å². The van der Waals surface area contributed by atoms with Crippen LogP contribution in [0.4, 0.5) is 5.69 Å². The Morgan fingerprint density at radius 3 is 2.33 bits per heavy atom. The van der Waals surface area contributed by atoms with Crippen molar-refractivity contribution < 1.29 is 4.79 Å². The topological polar surface area (TPSA) is 42.0 Å². The molecule has 0 saturated heterocycles. The second-order valence-electron chi connectivity index (χ2n) is 6.37. The van der Waals surface area contributed by atoms with Crippen LogP contribution in [0.15, 0.2) is 60.7 Å². The van der Waals surface area contributed by atoms with E-state index in [1.54, 1.807) is 36.4 Å². The molecule has 8 heteroatoms. The van der Waals surface area contributed by atoms with Crippen molar-refractivity contribution in [2.24, 2.45) is 0 Å². The third kappa shape index (κ3) is 4.09. The van der Waals surface area contributed by atoms with E-state index in [0.29, 0.717) is 48.5 Å². The van der Waals surface area contributed by atoms with Crippen LogP contribution in [-0.2, 0) is 0 Å². The molecule has 0 aliphatic carbocycles. The normalized spacial score (nSPS) is 11.0.